The van der Waals surface area contributed by atoms with Gasteiger partial charge in [-0.15, -0.1) is 0 Å². The second kappa shape index (κ2) is 5.21. The zero-order valence-electron chi connectivity index (χ0n) is 13.5. The van der Waals surface area contributed by atoms with Gasteiger partial charge in [0.1, 0.15) is 5.82 Å². The van der Waals surface area contributed by atoms with Crippen molar-refractivity contribution in [3.63, 3.8) is 0 Å². The Labute approximate surface area is 139 Å². The summed E-state index contributed by atoms with van der Waals surface area (Å²) in [6.07, 6.45) is 0. The molecule has 0 fully saturated rings. The molecule has 24 heavy (non-hydrogen) atoms. The van der Waals surface area contributed by atoms with E-state index in [9.17, 15) is 4.39 Å². The summed E-state index contributed by atoms with van der Waals surface area (Å²) in [7, 11) is 0. The third-order valence-corrected chi connectivity index (χ3v) is 4.39. The first kappa shape index (κ1) is 14.5. The maximum absolute atomic E-state index is 14.6. The van der Waals surface area contributed by atoms with Crippen molar-refractivity contribution in [3.05, 3.63) is 77.1 Å². The van der Waals surface area contributed by atoms with Crippen molar-refractivity contribution in [3.8, 4) is 11.8 Å². The largest absolute Gasteiger partial charge is 0.306 e. The molecule has 3 heteroatoms. The first-order chi connectivity index (χ1) is 11.6. The summed E-state index contributed by atoms with van der Waals surface area (Å²) in [5, 5.41) is 11.2. The average molecular weight is 314 g/mol. The van der Waals surface area contributed by atoms with E-state index in [1.807, 2.05) is 34.9 Å². The summed E-state index contributed by atoms with van der Waals surface area (Å²) >= 11 is 0. The fourth-order valence-electron chi connectivity index (χ4n) is 3.27. The Morgan fingerprint density at radius 2 is 1.42 bits per heavy atom. The number of halogens is 1. The molecule has 3 aromatic carbocycles. The van der Waals surface area contributed by atoms with Crippen molar-refractivity contribution in [2.45, 2.75) is 13.8 Å². The van der Waals surface area contributed by atoms with Crippen LogP contribution in [0.4, 0.5) is 4.39 Å². The van der Waals surface area contributed by atoms with Gasteiger partial charge >= 0.3 is 0 Å². The molecular weight excluding hydrogens is 299 g/mol. The summed E-state index contributed by atoms with van der Waals surface area (Å²) in [6, 6.07) is 19.0. The molecule has 4 rings (SSSR count). The monoisotopic (exact) mass is 314 g/mol. The second-order valence-corrected chi connectivity index (χ2v) is 6.15. The summed E-state index contributed by atoms with van der Waals surface area (Å²) in [5.74, 6) is -0.394. The topological polar surface area (TPSA) is 28.7 Å². The van der Waals surface area contributed by atoms with Crippen LogP contribution in [0.15, 0.2) is 54.6 Å². The lowest BCUT2D eigenvalue weighted by molar-refractivity contribution is 0.620. The van der Waals surface area contributed by atoms with Crippen molar-refractivity contribution in [2.24, 2.45) is 0 Å². The minimum Gasteiger partial charge on any atom is -0.306 e. The third kappa shape index (κ3) is 2.08. The van der Waals surface area contributed by atoms with E-state index in [1.54, 1.807) is 12.1 Å². The summed E-state index contributed by atoms with van der Waals surface area (Å²) < 4.78 is 16.6. The fraction of sp³-hybridized carbons (Fsp3) is 0.0952. The molecule has 4 aromatic rings. The second-order valence-electron chi connectivity index (χ2n) is 6.15. The smallest absolute Gasteiger partial charge is 0.148 e. The number of nitriles is 1. The van der Waals surface area contributed by atoms with E-state index in [2.05, 4.69) is 26.0 Å². The maximum atomic E-state index is 14.6. The van der Waals surface area contributed by atoms with Gasteiger partial charge in [-0.1, -0.05) is 23.3 Å². The standard InChI is InChI=1S/C21H15FN2/c1-13-3-6-19-16(9-13)17-10-14(2)4-7-20(17)24(19)21-8-5-15(12-23)11-18(21)22/h3-11H,1-2H3. The Morgan fingerprint density at radius 1 is 0.833 bits per heavy atom. The molecule has 0 N–H and O–H groups in total. The number of rotatable bonds is 1. The number of benzene rings is 3. The molecule has 0 saturated carbocycles. The zero-order valence-corrected chi connectivity index (χ0v) is 13.5. The SMILES string of the molecule is Cc1ccc2c(c1)c1cc(C)ccc1n2-c1ccc(C#N)cc1F. The van der Waals surface area contributed by atoms with E-state index >= 15 is 0 Å². The number of aromatic nitrogens is 1. The highest BCUT2D eigenvalue weighted by molar-refractivity contribution is 6.09. The number of fused-ring (bicyclic) bond motifs is 3. The molecule has 0 bridgehead atoms. The zero-order chi connectivity index (χ0) is 16.8. The molecule has 0 amide bonds. The minimum absolute atomic E-state index is 0.323. The van der Waals surface area contributed by atoms with Crippen molar-refractivity contribution < 1.29 is 4.39 Å². The van der Waals surface area contributed by atoms with Gasteiger partial charge in [-0.3, -0.25) is 0 Å². The third-order valence-electron chi connectivity index (χ3n) is 4.39. The van der Waals surface area contributed by atoms with E-state index in [4.69, 9.17) is 5.26 Å². The molecule has 0 aliphatic carbocycles. The molecule has 0 spiro atoms. The molecule has 0 radical (unpaired) electrons. The first-order valence-electron chi connectivity index (χ1n) is 7.80. The number of aryl methyl sites for hydroxylation is 2. The lowest BCUT2D eigenvalue weighted by Gasteiger charge is -2.09. The van der Waals surface area contributed by atoms with Crippen LogP contribution in [0.3, 0.4) is 0 Å². The van der Waals surface area contributed by atoms with Gasteiger partial charge in [0.15, 0.2) is 0 Å². The highest BCUT2D eigenvalue weighted by atomic mass is 19.1. The first-order valence-corrected chi connectivity index (χ1v) is 7.80. The van der Waals surface area contributed by atoms with Crippen molar-refractivity contribution in [1.29, 1.82) is 5.26 Å². The maximum Gasteiger partial charge on any atom is 0.148 e. The Bertz CT molecular complexity index is 1090. The van der Waals surface area contributed by atoms with Crippen LogP contribution in [0, 0.1) is 31.0 Å². The van der Waals surface area contributed by atoms with Crippen LogP contribution in [-0.2, 0) is 0 Å². The highest BCUT2D eigenvalue weighted by Crippen LogP contribution is 2.34. The fourth-order valence-corrected chi connectivity index (χ4v) is 3.27. The Kier molecular flexibility index (Phi) is 3.14. The summed E-state index contributed by atoms with van der Waals surface area (Å²) in [4.78, 5) is 0. The van der Waals surface area contributed by atoms with E-state index in [1.165, 1.54) is 17.2 Å². The molecule has 0 aliphatic rings. The molecule has 0 saturated heterocycles. The van der Waals surface area contributed by atoms with Crippen LogP contribution >= 0.6 is 0 Å². The lowest BCUT2D eigenvalue weighted by Crippen LogP contribution is -1.98. The Hall–Kier alpha value is -3.12. The minimum atomic E-state index is -0.394. The molecule has 116 valence electrons. The highest BCUT2D eigenvalue weighted by Gasteiger charge is 2.15. The van der Waals surface area contributed by atoms with Crippen molar-refractivity contribution in [2.75, 3.05) is 0 Å². The molecule has 0 aliphatic heterocycles. The molecule has 1 heterocycles. The number of hydrogen-bond donors (Lipinski definition) is 0. The van der Waals surface area contributed by atoms with Gasteiger partial charge in [0.2, 0.25) is 0 Å². The van der Waals surface area contributed by atoms with Gasteiger partial charge in [0.05, 0.1) is 28.4 Å². The van der Waals surface area contributed by atoms with Crippen LogP contribution < -0.4 is 0 Å². The van der Waals surface area contributed by atoms with Crippen LogP contribution in [0.5, 0.6) is 0 Å². The van der Waals surface area contributed by atoms with E-state index < -0.39 is 5.82 Å². The Morgan fingerprint density at radius 3 is 1.92 bits per heavy atom. The molecule has 0 unspecified atom stereocenters. The van der Waals surface area contributed by atoms with E-state index in [-0.39, 0.29) is 0 Å². The van der Waals surface area contributed by atoms with Crippen LogP contribution in [0.2, 0.25) is 0 Å². The normalized spacial score (nSPS) is 11.1. The Balaban J connectivity index is 2.16. The van der Waals surface area contributed by atoms with Crippen LogP contribution in [0.1, 0.15) is 16.7 Å². The number of hydrogen-bond acceptors (Lipinski definition) is 1. The van der Waals surface area contributed by atoms with Crippen LogP contribution in [0.25, 0.3) is 27.5 Å². The molecule has 1 aromatic heterocycles. The average Bonchev–Trinajstić information content (AvgIpc) is 2.88. The quantitative estimate of drug-likeness (QED) is 0.461. The lowest BCUT2D eigenvalue weighted by atomic mass is 10.1. The van der Waals surface area contributed by atoms with E-state index in [0.29, 0.717) is 11.3 Å². The van der Waals surface area contributed by atoms with Gasteiger partial charge in [0, 0.05) is 10.8 Å². The summed E-state index contributed by atoms with van der Waals surface area (Å²) in [6.45, 7) is 4.11. The van der Waals surface area contributed by atoms with Crippen molar-refractivity contribution >= 4 is 21.8 Å². The van der Waals surface area contributed by atoms with Gasteiger partial charge in [-0.2, -0.15) is 5.26 Å². The number of nitrogens with zero attached hydrogens (tertiary/aromatic N) is 2. The molecule has 0 atom stereocenters. The summed E-state index contributed by atoms with van der Waals surface area (Å²) in [5.41, 5.74) is 5.05. The van der Waals surface area contributed by atoms with E-state index in [0.717, 1.165) is 21.8 Å². The van der Waals surface area contributed by atoms with Crippen molar-refractivity contribution in [1.82, 2.24) is 4.57 Å². The van der Waals surface area contributed by atoms with Gasteiger partial charge < -0.3 is 4.57 Å². The van der Waals surface area contributed by atoms with Gasteiger partial charge in [-0.05, 0) is 56.3 Å². The van der Waals surface area contributed by atoms with Gasteiger partial charge in [0.25, 0.3) is 0 Å². The van der Waals surface area contributed by atoms with Crippen LogP contribution in [-0.4, -0.2) is 4.57 Å². The van der Waals surface area contributed by atoms with Gasteiger partial charge in [-0.25, -0.2) is 4.39 Å². The molecule has 2 nitrogen and oxygen atoms in total. The predicted octanol–water partition coefficient (Wildman–Crippen LogP) is 5.41. The predicted molar refractivity (Wildman–Crippen MR) is 94.9 cm³/mol. The molecular formula is C21H15FN2.